The van der Waals surface area contributed by atoms with Crippen molar-refractivity contribution in [2.45, 2.75) is 51.1 Å². The zero-order valence-electron chi connectivity index (χ0n) is 17.3. The van der Waals surface area contributed by atoms with E-state index in [4.69, 9.17) is 4.99 Å². The molecule has 152 valence electrons. The van der Waals surface area contributed by atoms with E-state index in [0.29, 0.717) is 0 Å². The summed E-state index contributed by atoms with van der Waals surface area (Å²) in [6, 6.07) is 4.14. The molecular weight excluding hydrogens is 336 g/mol. The minimum atomic E-state index is 0.246. The molecule has 2 aliphatic heterocycles. The summed E-state index contributed by atoms with van der Waals surface area (Å²) in [6.45, 7) is 10.6. The molecule has 0 aromatic carbocycles. The van der Waals surface area contributed by atoms with Crippen LogP contribution in [0.15, 0.2) is 29.5 Å². The topological polar surface area (TPSA) is 47.8 Å². The maximum atomic E-state index is 5.05. The van der Waals surface area contributed by atoms with Gasteiger partial charge in [0.05, 0.1) is 6.54 Å². The molecule has 6 nitrogen and oxygen atoms in total. The molecule has 2 fully saturated rings. The van der Waals surface area contributed by atoms with Crippen molar-refractivity contribution in [3.8, 4) is 0 Å². The highest BCUT2D eigenvalue weighted by Gasteiger charge is 2.39. The molecule has 0 saturated carbocycles. The first-order chi connectivity index (χ1) is 13.2. The lowest BCUT2D eigenvalue weighted by molar-refractivity contribution is 0.0208. The van der Waals surface area contributed by atoms with Gasteiger partial charge in [-0.15, -0.1) is 0 Å². The van der Waals surface area contributed by atoms with Crippen molar-refractivity contribution in [2.24, 2.45) is 4.99 Å². The average molecular weight is 375 g/mol. The van der Waals surface area contributed by atoms with Crippen LogP contribution in [0.4, 0.5) is 0 Å². The zero-order valence-corrected chi connectivity index (χ0v) is 17.3. The van der Waals surface area contributed by atoms with E-state index < -0.39 is 0 Å². The third-order valence-electron chi connectivity index (χ3n) is 6.15. The molecule has 0 spiro atoms. The van der Waals surface area contributed by atoms with E-state index in [1.54, 1.807) is 0 Å². The fourth-order valence-electron chi connectivity index (χ4n) is 4.37. The van der Waals surface area contributed by atoms with E-state index in [1.807, 2.05) is 0 Å². The first kappa shape index (κ1) is 20.2. The minimum absolute atomic E-state index is 0.246. The third-order valence-corrected chi connectivity index (χ3v) is 6.15. The Balaban J connectivity index is 1.62. The SMILES string of the molecule is CCNC(=NCC1(N2CCCCC2)CCN(C)CC1)NCCn1cccc1. The van der Waals surface area contributed by atoms with Crippen LogP contribution >= 0.6 is 0 Å². The summed E-state index contributed by atoms with van der Waals surface area (Å²) in [7, 11) is 2.25. The van der Waals surface area contributed by atoms with Crippen molar-refractivity contribution in [3.05, 3.63) is 24.5 Å². The van der Waals surface area contributed by atoms with Crippen LogP contribution in [-0.2, 0) is 6.54 Å². The molecule has 0 bridgehead atoms. The Morgan fingerprint density at radius 2 is 1.70 bits per heavy atom. The molecule has 0 atom stereocenters. The van der Waals surface area contributed by atoms with E-state index in [9.17, 15) is 0 Å². The van der Waals surface area contributed by atoms with Crippen LogP contribution in [0.2, 0.25) is 0 Å². The van der Waals surface area contributed by atoms with Crippen LogP contribution in [0, 0.1) is 0 Å². The molecule has 3 heterocycles. The molecule has 0 aliphatic carbocycles. The highest BCUT2D eigenvalue weighted by molar-refractivity contribution is 5.79. The number of aliphatic imine (C=N–C) groups is 1. The van der Waals surface area contributed by atoms with Crippen LogP contribution in [0.25, 0.3) is 0 Å². The largest absolute Gasteiger partial charge is 0.357 e. The molecule has 0 unspecified atom stereocenters. The van der Waals surface area contributed by atoms with Crippen LogP contribution in [0.1, 0.15) is 39.0 Å². The molecular formula is C21H38N6. The quantitative estimate of drug-likeness (QED) is 0.566. The highest BCUT2D eigenvalue weighted by atomic mass is 15.3. The van der Waals surface area contributed by atoms with Gasteiger partial charge in [0.1, 0.15) is 0 Å². The Labute approximate surface area is 165 Å². The van der Waals surface area contributed by atoms with Crippen molar-refractivity contribution in [3.63, 3.8) is 0 Å². The van der Waals surface area contributed by atoms with E-state index in [0.717, 1.165) is 32.1 Å². The first-order valence-electron chi connectivity index (χ1n) is 10.8. The molecule has 1 aromatic rings. The van der Waals surface area contributed by atoms with E-state index >= 15 is 0 Å². The second kappa shape index (κ2) is 10.1. The molecule has 2 aliphatic rings. The summed E-state index contributed by atoms with van der Waals surface area (Å²) in [5, 5.41) is 6.95. The number of likely N-dealkylation sites (tertiary alicyclic amines) is 2. The molecule has 1 aromatic heterocycles. The Morgan fingerprint density at radius 3 is 2.37 bits per heavy atom. The van der Waals surface area contributed by atoms with Gasteiger partial charge >= 0.3 is 0 Å². The van der Waals surface area contributed by atoms with Gasteiger partial charge < -0.3 is 20.1 Å². The number of hydrogen-bond acceptors (Lipinski definition) is 3. The number of rotatable bonds is 7. The van der Waals surface area contributed by atoms with Crippen molar-refractivity contribution in [1.29, 1.82) is 0 Å². The second-order valence-electron chi connectivity index (χ2n) is 8.12. The van der Waals surface area contributed by atoms with Crippen molar-refractivity contribution in [1.82, 2.24) is 25.0 Å². The van der Waals surface area contributed by atoms with Gasteiger partial charge in [-0.3, -0.25) is 9.89 Å². The van der Waals surface area contributed by atoms with E-state index in [-0.39, 0.29) is 5.54 Å². The standard InChI is InChI=1S/C21H38N6/c1-3-22-20(23-11-18-26-12-7-8-13-26)24-19-21(9-16-25(2)17-10-21)27-14-5-4-6-15-27/h7-8,12-13H,3-6,9-11,14-19H2,1-2H3,(H2,22,23,24). The summed E-state index contributed by atoms with van der Waals surface area (Å²) in [5.41, 5.74) is 0.246. The first-order valence-corrected chi connectivity index (χ1v) is 10.8. The van der Waals surface area contributed by atoms with Crippen LogP contribution in [0.5, 0.6) is 0 Å². The number of aromatic nitrogens is 1. The highest BCUT2D eigenvalue weighted by Crippen LogP contribution is 2.31. The van der Waals surface area contributed by atoms with Gasteiger partial charge in [-0.2, -0.15) is 0 Å². The van der Waals surface area contributed by atoms with Crippen molar-refractivity contribution in [2.75, 3.05) is 52.9 Å². The molecule has 27 heavy (non-hydrogen) atoms. The number of hydrogen-bond donors (Lipinski definition) is 2. The number of piperidine rings is 2. The minimum Gasteiger partial charge on any atom is -0.357 e. The zero-order chi connectivity index (χ0) is 19.0. The number of guanidine groups is 1. The monoisotopic (exact) mass is 374 g/mol. The van der Waals surface area contributed by atoms with Gasteiger partial charge in [-0.25, -0.2) is 0 Å². The Morgan fingerprint density at radius 1 is 1.00 bits per heavy atom. The molecule has 0 amide bonds. The predicted octanol–water partition coefficient (Wildman–Crippen LogP) is 1.99. The summed E-state index contributed by atoms with van der Waals surface area (Å²) in [4.78, 5) is 10.3. The third kappa shape index (κ3) is 5.72. The lowest BCUT2D eigenvalue weighted by atomic mass is 9.84. The normalized spacial score (nSPS) is 21.9. The van der Waals surface area contributed by atoms with Crippen LogP contribution in [-0.4, -0.2) is 78.7 Å². The molecule has 2 N–H and O–H groups in total. The van der Waals surface area contributed by atoms with E-state index in [2.05, 4.69) is 63.5 Å². The molecule has 0 radical (unpaired) electrons. The summed E-state index contributed by atoms with van der Waals surface area (Å²) in [6.07, 6.45) is 10.8. The van der Waals surface area contributed by atoms with Gasteiger partial charge in [-0.1, -0.05) is 6.42 Å². The van der Waals surface area contributed by atoms with Crippen LogP contribution < -0.4 is 10.6 Å². The molecule has 2 saturated heterocycles. The van der Waals surface area contributed by atoms with Gasteiger partial charge in [0.25, 0.3) is 0 Å². The lowest BCUT2D eigenvalue weighted by Crippen LogP contribution is -2.58. The summed E-state index contributed by atoms with van der Waals surface area (Å²) < 4.78 is 2.20. The second-order valence-corrected chi connectivity index (χ2v) is 8.12. The fourth-order valence-corrected chi connectivity index (χ4v) is 4.37. The maximum absolute atomic E-state index is 5.05. The van der Waals surface area contributed by atoms with Crippen molar-refractivity contribution >= 4 is 5.96 Å². The van der Waals surface area contributed by atoms with Gasteiger partial charge in [0.2, 0.25) is 0 Å². The Hall–Kier alpha value is -1.53. The fraction of sp³-hybridized carbons (Fsp3) is 0.762. The van der Waals surface area contributed by atoms with E-state index in [1.165, 1.54) is 58.3 Å². The Kier molecular flexibility index (Phi) is 7.59. The average Bonchev–Trinajstić information content (AvgIpc) is 3.22. The molecule has 6 heteroatoms. The van der Waals surface area contributed by atoms with Gasteiger partial charge in [0, 0.05) is 37.6 Å². The lowest BCUT2D eigenvalue weighted by Gasteiger charge is -2.49. The van der Waals surface area contributed by atoms with Crippen molar-refractivity contribution < 1.29 is 0 Å². The van der Waals surface area contributed by atoms with Gasteiger partial charge in [0.15, 0.2) is 5.96 Å². The number of nitrogens with one attached hydrogen (secondary N) is 2. The number of nitrogens with zero attached hydrogens (tertiary/aromatic N) is 4. The maximum Gasteiger partial charge on any atom is 0.191 e. The van der Waals surface area contributed by atoms with Crippen LogP contribution in [0.3, 0.4) is 0 Å². The Bertz CT molecular complexity index is 553. The molecule has 3 rings (SSSR count). The predicted molar refractivity (Wildman–Crippen MR) is 113 cm³/mol. The summed E-state index contributed by atoms with van der Waals surface area (Å²) >= 11 is 0. The smallest absolute Gasteiger partial charge is 0.191 e. The van der Waals surface area contributed by atoms with Gasteiger partial charge in [-0.05, 0) is 78.0 Å². The summed E-state index contributed by atoms with van der Waals surface area (Å²) in [5.74, 6) is 0.958.